The Hall–Kier alpha value is -1.15. The first-order chi connectivity index (χ1) is 6.77. The Kier molecular flexibility index (Phi) is 1.56. The summed E-state index contributed by atoms with van der Waals surface area (Å²) in [7, 11) is 0. The molecular weight excluding hydrogens is 177 g/mol. The maximum Gasteiger partial charge on any atom is 0.123 e. The highest BCUT2D eigenvalue weighted by Crippen LogP contribution is 2.46. The van der Waals surface area contributed by atoms with Gasteiger partial charge in [-0.2, -0.15) is 0 Å². The quantitative estimate of drug-likeness (QED) is 0.714. The van der Waals surface area contributed by atoms with Crippen molar-refractivity contribution in [2.24, 2.45) is 5.41 Å². The molecule has 1 heterocycles. The van der Waals surface area contributed by atoms with Crippen LogP contribution in [0.25, 0.3) is 5.57 Å². The molecule has 0 amide bonds. The summed E-state index contributed by atoms with van der Waals surface area (Å²) in [5.74, 6) is -0.159. The molecule has 2 aliphatic rings. The molecule has 0 radical (unpaired) electrons. The second kappa shape index (κ2) is 2.67. The lowest BCUT2D eigenvalue weighted by Gasteiger charge is -2.47. The summed E-state index contributed by atoms with van der Waals surface area (Å²) < 4.78 is 12.7. The van der Waals surface area contributed by atoms with Gasteiger partial charge in [-0.05, 0) is 29.7 Å². The highest BCUT2D eigenvalue weighted by Gasteiger charge is 2.42. The van der Waals surface area contributed by atoms with E-state index < -0.39 is 0 Å². The van der Waals surface area contributed by atoms with Crippen molar-refractivity contribution in [2.45, 2.75) is 6.42 Å². The van der Waals surface area contributed by atoms with E-state index in [1.165, 1.54) is 23.3 Å². The number of nitrogens with one attached hydrogen (secondary N) is 1. The second-order valence-electron chi connectivity index (χ2n) is 4.32. The molecule has 0 aromatic heterocycles. The zero-order valence-electron chi connectivity index (χ0n) is 7.89. The number of hydrogen-bond donors (Lipinski definition) is 1. The molecule has 0 unspecified atom stereocenters. The van der Waals surface area contributed by atoms with Gasteiger partial charge in [0.1, 0.15) is 5.82 Å². The van der Waals surface area contributed by atoms with E-state index in [9.17, 15) is 4.39 Å². The van der Waals surface area contributed by atoms with Gasteiger partial charge in [0.15, 0.2) is 0 Å². The largest absolute Gasteiger partial charge is 0.315 e. The van der Waals surface area contributed by atoms with Gasteiger partial charge in [0, 0.05) is 18.5 Å². The van der Waals surface area contributed by atoms with E-state index in [4.69, 9.17) is 0 Å². The average Bonchev–Trinajstić information content (AvgIpc) is 2.03. The Morgan fingerprint density at radius 2 is 1.79 bits per heavy atom. The minimum atomic E-state index is -0.159. The lowest BCUT2D eigenvalue weighted by Crippen LogP contribution is -2.55. The van der Waals surface area contributed by atoms with Crippen LogP contribution in [0, 0.1) is 11.2 Å². The molecule has 1 aromatic carbocycles. The van der Waals surface area contributed by atoms with Crippen LogP contribution in [-0.4, -0.2) is 13.1 Å². The number of allylic oxidation sites excluding steroid dienone is 1. The van der Waals surface area contributed by atoms with Crippen LogP contribution < -0.4 is 5.32 Å². The van der Waals surface area contributed by atoms with Crippen LogP contribution in [0.4, 0.5) is 4.39 Å². The fourth-order valence-electron chi connectivity index (χ4n) is 2.24. The summed E-state index contributed by atoms with van der Waals surface area (Å²) in [6.07, 6.45) is 3.47. The molecule has 1 aliphatic carbocycles. The summed E-state index contributed by atoms with van der Waals surface area (Å²) in [6, 6.07) is 6.78. The smallest absolute Gasteiger partial charge is 0.123 e. The monoisotopic (exact) mass is 189 g/mol. The minimum absolute atomic E-state index is 0.159. The molecule has 1 saturated heterocycles. The van der Waals surface area contributed by atoms with Crippen molar-refractivity contribution in [3.05, 3.63) is 41.7 Å². The Bertz CT molecular complexity index is 387. The predicted molar refractivity (Wildman–Crippen MR) is 54.3 cm³/mol. The maximum absolute atomic E-state index is 12.7. The molecule has 3 rings (SSSR count). The van der Waals surface area contributed by atoms with Crippen LogP contribution >= 0.6 is 0 Å². The topological polar surface area (TPSA) is 12.0 Å². The lowest BCUT2D eigenvalue weighted by atomic mass is 9.65. The number of halogens is 1. The van der Waals surface area contributed by atoms with Crippen LogP contribution in [0.5, 0.6) is 0 Å². The first kappa shape index (κ1) is 8.18. The highest BCUT2D eigenvalue weighted by molar-refractivity contribution is 5.73. The fraction of sp³-hybridized carbons (Fsp3) is 0.333. The van der Waals surface area contributed by atoms with Crippen LogP contribution in [0.3, 0.4) is 0 Å². The van der Waals surface area contributed by atoms with Crippen LogP contribution in [0.15, 0.2) is 30.3 Å². The molecule has 2 heteroatoms. The van der Waals surface area contributed by atoms with Gasteiger partial charge in [0.25, 0.3) is 0 Å². The molecule has 1 N–H and O–H groups in total. The highest BCUT2D eigenvalue weighted by atomic mass is 19.1. The van der Waals surface area contributed by atoms with Crippen molar-refractivity contribution >= 4 is 5.57 Å². The molecule has 14 heavy (non-hydrogen) atoms. The average molecular weight is 189 g/mol. The Morgan fingerprint density at radius 1 is 1.14 bits per heavy atom. The van der Waals surface area contributed by atoms with Gasteiger partial charge in [0.05, 0.1) is 0 Å². The van der Waals surface area contributed by atoms with E-state index in [1.807, 2.05) is 12.1 Å². The molecule has 1 aliphatic heterocycles. The number of benzene rings is 1. The van der Waals surface area contributed by atoms with Crippen LogP contribution in [-0.2, 0) is 0 Å². The lowest BCUT2D eigenvalue weighted by molar-refractivity contribution is 0.225. The molecule has 1 nitrogen and oxygen atoms in total. The third kappa shape index (κ3) is 1.11. The van der Waals surface area contributed by atoms with Crippen molar-refractivity contribution < 1.29 is 4.39 Å². The summed E-state index contributed by atoms with van der Waals surface area (Å²) >= 11 is 0. The second-order valence-corrected chi connectivity index (χ2v) is 4.32. The number of hydrogen-bond acceptors (Lipinski definition) is 1. The zero-order chi connectivity index (χ0) is 9.60. The Labute approximate surface area is 82.6 Å². The van der Waals surface area contributed by atoms with E-state index in [0.717, 1.165) is 19.5 Å². The summed E-state index contributed by atoms with van der Waals surface area (Å²) in [5, 5.41) is 3.28. The summed E-state index contributed by atoms with van der Waals surface area (Å²) in [6.45, 7) is 2.22. The molecule has 0 bridgehead atoms. The molecular formula is C12H12FN. The van der Waals surface area contributed by atoms with Crippen LogP contribution in [0.2, 0.25) is 0 Å². The molecule has 72 valence electrons. The van der Waals surface area contributed by atoms with Crippen molar-refractivity contribution in [2.75, 3.05) is 13.1 Å². The standard InChI is InChI=1S/C12H12FN/c13-11-3-1-9(2-4-11)10-5-12(6-10)7-14-8-12/h1-5,14H,6-8H2. The molecule has 1 aromatic rings. The summed E-state index contributed by atoms with van der Waals surface area (Å²) in [5.41, 5.74) is 2.99. The van der Waals surface area contributed by atoms with Gasteiger partial charge in [-0.3, -0.25) is 0 Å². The normalized spacial score (nSPS) is 22.5. The van der Waals surface area contributed by atoms with Gasteiger partial charge in [-0.25, -0.2) is 4.39 Å². The van der Waals surface area contributed by atoms with Gasteiger partial charge in [-0.15, -0.1) is 0 Å². The third-order valence-electron chi connectivity index (χ3n) is 3.19. The fourth-order valence-corrected chi connectivity index (χ4v) is 2.24. The van der Waals surface area contributed by atoms with Gasteiger partial charge in [0.2, 0.25) is 0 Å². The van der Waals surface area contributed by atoms with E-state index in [2.05, 4.69) is 11.4 Å². The van der Waals surface area contributed by atoms with Crippen molar-refractivity contribution in [3.63, 3.8) is 0 Å². The first-order valence-corrected chi connectivity index (χ1v) is 4.96. The van der Waals surface area contributed by atoms with Crippen molar-refractivity contribution in [1.29, 1.82) is 0 Å². The van der Waals surface area contributed by atoms with Crippen molar-refractivity contribution in [1.82, 2.24) is 5.32 Å². The SMILES string of the molecule is Fc1ccc(C2=CC3(CNC3)C2)cc1. The third-order valence-corrected chi connectivity index (χ3v) is 3.19. The molecule has 1 spiro atoms. The van der Waals surface area contributed by atoms with Gasteiger partial charge in [-0.1, -0.05) is 18.2 Å². The van der Waals surface area contributed by atoms with E-state index in [0.29, 0.717) is 5.41 Å². The predicted octanol–water partition coefficient (Wildman–Crippen LogP) is 2.20. The molecule has 0 atom stereocenters. The van der Waals surface area contributed by atoms with Gasteiger partial charge < -0.3 is 5.32 Å². The maximum atomic E-state index is 12.7. The van der Waals surface area contributed by atoms with Crippen molar-refractivity contribution in [3.8, 4) is 0 Å². The zero-order valence-corrected chi connectivity index (χ0v) is 7.89. The minimum Gasteiger partial charge on any atom is -0.315 e. The molecule has 0 saturated carbocycles. The first-order valence-electron chi connectivity index (χ1n) is 4.96. The Balaban J connectivity index is 1.85. The molecule has 1 fully saturated rings. The van der Waals surface area contributed by atoms with Crippen LogP contribution in [0.1, 0.15) is 12.0 Å². The van der Waals surface area contributed by atoms with E-state index in [1.54, 1.807) is 0 Å². The summed E-state index contributed by atoms with van der Waals surface area (Å²) in [4.78, 5) is 0. The Morgan fingerprint density at radius 3 is 2.29 bits per heavy atom. The number of rotatable bonds is 1. The van der Waals surface area contributed by atoms with Gasteiger partial charge >= 0.3 is 0 Å². The van der Waals surface area contributed by atoms with E-state index >= 15 is 0 Å². The van der Waals surface area contributed by atoms with E-state index in [-0.39, 0.29) is 5.82 Å².